The van der Waals surface area contributed by atoms with Crippen molar-refractivity contribution in [2.24, 2.45) is 0 Å². The zero-order chi connectivity index (χ0) is 15.5. The van der Waals surface area contributed by atoms with Crippen molar-refractivity contribution < 1.29 is 4.39 Å². The molecule has 0 spiro atoms. The van der Waals surface area contributed by atoms with Crippen LogP contribution in [-0.4, -0.2) is 10.1 Å². The van der Waals surface area contributed by atoms with Crippen LogP contribution in [0.15, 0.2) is 42.5 Å². The molecule has 0 radical (unpaired) electrons. The molecule has 0 aliphatic rings. The zero-order valence-electron chi connectivity index (χ0n) is 11.7. The van der Waals surface area contributed by atoms with Gasteiger partial charge >= 0.3 is 0 Å². The lowest BCUT2D eigenvalue weighted by Crippen LogP contribution is -2.33. The average Bonchev–Trinajstić information content (AvgIpc) is 2.89. The van der Waals surface area contributed by atoms with Gasteiger partial charge in [-0.1, -0.05) is 17.4 Å². The van der Waals surface area contributed by atoms with E-state index >= 15 is 0 Å². The van der Waals surface area contributed by atoms with Crippen LogP contribution in [0.5, 0.6) is 0 Å². The first-order valence-electron chi connectivity index (χ1n) is 6.56. The summed E-state index contributed by atoms with van der Waals surface area (Å²) in [6.07, 6.45) is 0. The monoisotopic (exact) mass is 332 g/mol. The fraction of sp³-hybridized carbons (Fsp3) is 0.0667. The van der Waals surface area contributed by atoms with E-state index in [-0.39, 0.29) is 5.82 Å². The summed E-state index contributed by atoms with van der Waals surface area (Å²) >= 11 is 6.71. The maximum absolute atomic E-state index is 12.8. The number of hydrogen-bond acceptors (Lipinski definition) is 4. The quantitative estimate of drug-likeness (QED) is 0.499. The van der Waals surface area contributed by atoms with Crippen LogP contribution >= 0.6 is 23.6 Å². The number of nitrogens with zero attached hydrogens (tertiary/aromatic N) is 1. The predicted molar refractivity (Wildman–Crippen MR) is 93.7 cm³/mol. The second kappa shape index (κ2) is 6.25. The lowest BCUT2D eigenvalue weighted by atomic mass is 10.2. The molecule has 3 aromatic rings. The van der Waals surface area contributed by atoms with Gasteiger partial charge in [0.15, 0.2) is 5.11 Å². The standard InChI is InChI=1S/C15H13FN4S2/c1-9-2-7-12-13(8-9)22-15(18-12)20-19-14(21)17-11-5-3-10(16)4-6-11/h2-8H,1H3,(H,18,20)(H2,17,19,21). The molecule has 0 unspecified atom stereocenters. The summed E-state index contributed by atoms with van der Waals surface area (Å²) in [4.78, 5) is 4.45. The van der Waals surface area contributed by atoms with Crippen molar-refractivity contribution in [3.8, 4) is 0 Å². The number of halogens is 1. The summed E-state index contributed by atoms with van der Waals surface area (Å²) in [7, 11) is 0. The number of thiazole rings is 1. The van der Waals surface area contributed by atoms with E-state index in [0.717, 1.165) is 15.3 Å². The predicted octanol–water partition coefficient (Wildman–Crippen LogP) is 4.06. The highest BCUT2D eigenvalue weighted by Crippen LogP contribution is 2.26. The number of anilines is 2. The van der Waals surface area contributed by atoms with Crippen LogP contribution in [0.1, 0.15) is 5.56 Å². The molecule has 4 nitrogen and oxygen atoms in total. The maximum atomic E-state index is 12.8. The van der Waals surface area contributed by atoms with Gasteiger partial charge < -0.3 is 5.32 Å². The molecule has 22 heavy (non-hydrogen) atoms. The summed E-state index contributed by atoms with van der Waals surface area (Å²) in [6.45, 7) is 2.05. The van der Waals surface area contributed by atoms with Gasteiger partial charge in [0.2, 0.25) is 5.13 Å². The Hall–Kier alpha value is -2.25. The SMILES string of the molecule is Cc1ccc2nc(NNC(=S)Nc3ccc(F)cc3)sc2c1. The molecule has 112 valence electrons. The summed E-state index contributed by atoms with van der Waals surface area (Å²) in [5.41, 5.74) is 8.68. The van der Waals surface area contributed by atoms with Crippen molar-refractivity contribution in [3.05, 3.63) is 53.8 Å². The van der Waals surface area contributed by atoms with E-state index in [2.05, 4.69) is 27.2 Å². The highest BCUT2D eigenvalue weighted by atomic mass is 32.1. The first-order chi connectivity index (χ1) is 10.6. The van der Waals surface area contributed by atoms with Gasteiger partial charge in [-0.05, 0) is 61.1 Å². The minimum Gasteiger partial charge on any atom is -0.331 e. The molecule has 3 N–H and O–H groups in total. The summed E-state index contributed by atoms with van der Waals surface area (Å²) in [5, 5.41) is 4.05. The number of aromatic nitrogens is 1. The van der Waals surface area contributed by atoms with Crippen molar-refractivity contribution in [3.63, 3.8) is 0 Å². The number of benzene rings is 2. The molecule has 2 aromatic carbocycles. The molecule has 0 aliphatic carbocycles. The molecular formula is C15H13FN4S2. The zero-order valence-corrected chi connectivity index (χ0v) is 13.3. The van der Waals surface area contributed by atoms with Crippen LogP contribution < -0.4 is 16.2 Å². The van der Waals surface area contributed by atoms with E-state index in [1.807, 2.05) is 19.1 Å². The summed E-state index contributed by atoms with van der Waals surface area (Å²) < 4.78 is 13.9. The van der Waals surface area contributed by atoms with Gasteiger partial charge in [-0.3, -0.25) is 10.9 Å². The third kappa shape index (κ3) is 3.49. The Balaban J connectivity index is 1.61. The van der Waals surface area contributed by atoms with E-state index in [1.54, 1.807) is 12.1 Å². The second-order valence-corrected chi connectivity index (χ2v) is 6.14. The summed E-state index contributed by atoms with van der Waals surface area (Å²) in [5.74, 6) is -0.285. The molecule has 0 amide bonds. The Kier molecular flexibility index (Phi) is 4.17. The molecule has 0 aliphatic heterocycles. The number of hydrazine groups is 1. The van der Waals surface area contributed by atoms with Crippen LogP contribution in [0.25, 0.3) is 10.2 Å². The van der Waals surface area contributed by atoms with Crippen LogP contribution in [-0.2, 0) is 0 Å². The molecule has 0 saturated heterocycles. The first kappa shape index (κ1) is 14.7. The molecule has 0 bridgehead atoms. The lowest BCUT2D eigenvalue weighted by Gasteiger charge is -2.10. The van der Waals surface area contributed by atoms with E-state index < -0.39 is 0 Å². The van der Waals surface area contributed by atoms with Crippen LogP contribution in [0.2, 0.25) is 0 Å². The highest BCUT2D eigenvalue weighted by Gasteiger charge is 2.04. The molecule has 0 atom stereocenters. The van der Waals surface area contributed by atoms with Crippen molar-refractivity contribution in [1.29, 1.82) is 0 Å². The molecule has 0 fully saturated rings. The largest absolute Gasteiger partial charge is 0.331 e. The van der Waals surface area contributed by atoms with Crippen LogP contribution in [0, 0.1) is 12.7 Å². The van der Waals surface area contributed by atoms with E-state index in [9.17, 15) is 4.39 Å². The van der Waals surface area contributed by atoms with Crippen molar-refractivity contribution in [2.45, 2.75) is 6.92 Å². The topological polar surface area (TPSA) is 49.0 Å². The number of rotatable bonds is 3. The van der Waals surface area contributed by atoms with Gasteiger partial charge in [-0.15, -0.1) is 0 Å². The number of thiocarbonyl (C=S) groups is 1. The molecule has 3 rings (SSSR count). The second-order valence-electron chi connectivity index (χ2n) is 4.70. The van der Waals surface area contributed by atoms with Gasteiger partial charge in [0.05, 0.1) is 10.2 Å². The molecule has 1 heterocycles. The highest BCUT2D eigenvalue weighted by molar-refractivity contribution is 7.80. The molecule has 1 aromatic heterocycles. The Morgan fingerprint density at radius 2 is 1.95 bits per heavy atom. The third-order valence-corrected chi connectivity index (χ3v) is 4.07. The van der Waals surface area contributed by atoms with E-state index in [4.69, 9.17) is 12.2 Å². The molecule has 0 saturated carbocycles. The van der Waals surface area contributed by atoms with Crippen molar-refractivity contribution in [1.82, 2.24) is 10.4 Å². The third-order valence-electron chi connectivity index (χ3n) is 2.93. The Labute approximate surface area is 136 Å². The Bertz CT molecular complexity index is 814. The first-order valence-corrected chi connectivity index (χ1v) is 7.78. The Morgan fingerprint density at radius 3 is 2.73 bits per heavy atom. The molecule has 7 heteroatoms. The fourth-order valence-corrected chi connectivity index (χ4v) is 2.98. The van der Waals surface area contributed by atoms with Gasteiger partial charge in [0.25, 0.3) is 0 Å². The smallest absolute Gasteiger partial charge is 0.202 e. The van der Waals surface area contributed by atoms with Gasteiger partial charge in [0.1, 0.15) is 5.82 Å². The molecular weight excluding hydrogens is 319 g/mol. The number of nitrogens with one attached hydrogen (secondary N) is 3. The van der Waals surface area contributed by atoms with Crippen LogP contribution in [0.3, 0.4) is 0 Å². The van der Waals surface area contributed by atoms with Gasteiger partial charge in [-0.25, -0.2) is 9.37 Å². The van der Waals surface area contributed by atoms with Crippen LogP contribution in [0.4, 0.5) is 15.2 Å². The van der Waals surface area contributed by atoms with E-state index in [0.29, 0.717) is 10.8 Å². The van der Waals surface area contributed by atoms with E-state index in [1.165, 1.54) is 29.0 Å². The van der Waals surface area contributed by atoms with Gasteiger partial charge in [-0.2, -0.15) is 0 Å². The number of hydrogen-bond donors (Lipinski definition) is 3. The summed E-state index contributed by atoms with van der Waals surface area (Å²) in [6, 6.07) is 12.1. The van der Waals surface area contributed by atoms with Crippen molar-refractivity contribution in [2.75, 3.05) is 10.7 Å². The number of fused-ring (bicyclic) bond motifs is 1. The van der Waals surface area contributed by atoms with Crippen molar-refractivity contribution >= 4 is 49.7 Å². The normalized spacial score (nSPS) is 10.5. The Morgan fingerprint density at radius 1 is 1.18 bits per heavy atom. The minimum atomic E-state index is -0.285. The fourth-order valence-electron chi connectivity index (χ4n) is 1.89. The maximum Gasteiger partial charge on any atom is 0.202 e. The van der Waals surface area contributed by atoms with Gasteiger partial charge in [0, 0.05) is 5.69 Å². The lowest BCUT2D eigenvalue weighted by molar-refractivity contribution is 0.628. The average molecular weight is 332 g/mol. The minimum absolute atomic E-state index is 0.285. The number of aryl methyl sites for hydroxylation is 1.